The van der Waals surface area contributed by atoms with Crippen molar-refractivity contribution >= 4 is 40.3 Å². The zero-order valence-corrected chi connectivity index (χ0v) is 31.1. The standard InChI is InChI=1S/C39H49N7O4S/c1-6-45-18-20-46(21-19-45)35(38(48)43(3)22-23-50-5)27-14-16-29(17-15-27)40-36-39(49)44(4)25-32(41-36)30-11-9-12-31(26(30)2)42-37(47)34-24-28-10-7-8-13-33(28)51-34/h9,11-12,14-17,24-25,35H,6-8,10,13,18-23H2,1-5H3,(H,40,41)(H,42,47). The van der Waals surface area contributed by atoms with Crippen molar-refractivity contribution in [2.24, 2.45) is 7.05 Å². The molecule has 4 aromatic rings. The van der Waals surface area contributed by atoms with Crippen LogP contribution in [0.15, 0.2) is 59.5 Å². The van der Waals surface area contributed by atoms with Gasteiger partial charge in [0.05, 0.1) is 17.2 Å². The van der Waals surface area contributed by atoms with Gasteiger partial charge in [-0.05, 0) is 80.1 Å². The number of aromatic nitrogens is 2. The van der Waals surface area contributed by atoms with Crippen molar-refractivity contribution in [1.29, 1.82) is 0 Å². The number of aryl methyl sites for hydroxylation is 3. The lowest BCUT2D eigenvalue weighted by atomic mass is 9.99. The minimum atomic E-state index is -0.421. The molecule has 12 heteroatoms. The molecule has 2 aliphatic rings. The molecular weight excluding hydrogens is 663 g/mol. The van der Waals surface area contributed by atoms with Crippen LogP contribution >= 0.6 is 11.3 Å². The molecule has 2 aromatic heterocycles. The molecule has 1 unspecified atom stereocenters. The van der Waals surface area contributed by atoms with E-state index in [1.54, 1.807) is 36.6 Å². The average molecular weight is 712 g/mol. The summed E-state index contributed by atoms with van der Waals surface area (Å²) < 4.78 is 6.75. The number of hydrogen-bond donors (Lipinski definition) is 2. The molecule has 0 radical (unpaired) electrons. The predicted octanol–water partition coefficient (Wildman–Crippen LogP) is 5.48. The van der Waals surface area contributed by atoms with Crippen molar-refractivity contribution in [1.82, 2.24) is 24.3 Å². The van der Waals surface area contributed by atoms with E-state index < -0.39 is 6.04 Å². The molecule has 1 aliphatic heterocycles. The zero-order chi connectivity index (χ0) is 36.1. The Balaban J connectivity index is 1.22. The summed E-state index contributed by atoms with van der Waals surface area (Å²) >= 11 is 1.59. The lowest BCUT2D eigenvalue weighted by molar-refractivity contribution is -0.137. The molecule has 1 saturated heterocycles. The number of nitrogens with zero attached hydrogens (tertiary/aromatic N) is 5. The number of benzene rings is 2. The Bertz CT molecular complexity index is 1890. The van der Waals surface area contributed by atoms with E-state index >= 15 is 0 Å². The van der Waals surface area contributed by atoms with Crippen molar-refractivity contribution in [2.75, 3.05) is 70.7 Å². The second kappa shape index (κ2) is 16.3. The van der Waals surface area contributed by atoms with Crippen LogP contribution in [-0.4, -0.2) is 96.1 Å². The van der Waals surface area contributed by atoms with Crippen LogP contribution in [-0.2, 0) is 29.4 Å². The fraction of sp³-hybridized carbons (Fsp3) is 0.436. The summed E-state index contributed by atoms with van der Waals surface area (Å²) in [5.41, 5.74) is 5.60. The van der Waals surface area contributed by atoms with Crippen LogP contribution in [0.2, 0.25) is 0 Å². The molecule has 0 bridgehead atoms. The van der Waals surface area contributed by atoms with Gasteiger partial charge in [0.2, 0.25) is 5.91 Å². The Morgan fingerprint density at radius 2 is 1.80 bits per heavy atom. The molecule has 11 nitrogen and oxygen atoms in total. The molecule has 0 saturated carbocycles. The smallest absolute Gasteiger partial charge is 0.293 e. The molecule has 1 fully saturated rings. The van der Waals surface area contributed by atoms with E-state index in [4.69, 9.17) is 9.72 Å². The van der Waals surface area contributed by atoms with E-state index in [1.165, 1.54) is 27.8 Å². The Hall–Kier alpha value is -4.36. The van der Waals surface area contributed by atoms with Crippen LogP contribution in [0.25, 0.3) is 11.3 Å². The van der Waals surface area contributed by atoms with E-state index in [-0.39, 0.29) is 23.2 Å². The molecule has 2 amide bonds. The van der Waals surface area contributed by atoms with Crippen LogP contribution in [0.1, 0.15) is 57.0 Å². The number of rotatable bonds is 12. The van der Waals surface area contributed by atoms with E-state index in [0.29, 0.717) is 30.2 Å². The number of carbonyl (C=O) groups is 2. The van der Waals surface area contributed by atoms with Crippen LogP contribution in [0.3, 0.4) is 0 Å². The van der Waals surface area contributed by atoms with Gasteiger partial charge in [-0.1, -0.05) is 31.2 Å². The number of nitrogens with one attached hydrogen (secondary N) is 2. The Labute approximate surface area is 304 Å². The largest absolute Gasteiger partial charge is 0.383 e. The third-order valence-electron chi connectivity index (χ3n) is 10.1. The maximum Gasteiger partial charge on any atom is 0.293 e. The topological polar surface area (TPSA) is 112 Å². The van der Waals surface area contributed by atoms with Crippen LogP contribution in [0.5, 0.6) is 0 Å². The summed E-state index contributed by atoms with van der Waals surface area (Å²) in [4.78, 5) is 53.6. The van der Waals surface area contributed by atoms with Crippen molar-refractivity contribution in [3.05, 3.63) is 91.5 Å². The fourth-order valence-electron chi connectivity index (χ4n) is 6.93. The minimum Gasteiger partial charge on any atom is -0.383 e. The number of hydrogen-bond acceptors (Lipinski definition) is 9. The molecule has 2 N–H and O–H groups in total. The summed E-state index contributed by atoms with van der Waals surface area (Å²) in [6.45, 7) is 9.52. The molecule has 0 spiro atoms. The second-order valence-corrected chi connectivity index (χ2v) is 14.6. The Kier molecular flexibility index (Phi) is 11.7. The highest BCUT2D eigenvalue weighted by Crippen LogP contribution is 2.32. The zero-order valence-electron chi connectivity index (χ0n) is 30.3. The maximum atomic E-state index is 13.8. The number of anilines is 3. The minimum absolute atomic E-state index is 0.0317. The normalized spacial score (nSPS) is 15.6. The van der Waals surface area contributed by atoms with E-state index in [1.807, 2.05) is 62.5 Å². The number of likely N-dealkylation sites (N-methyl/N-ethyl adjacent to an activating group) is 2. The summed E-state index contributed by atoms with van der Waals surface area (Å²) in [5.74, 6) is 0.107. The van der Waals surface area contributed by atoms with Crippen LogP contribution in [0.4, 0.5) is 17.2 Å². The highest BCUT2D eigenvalue weighted by molar-refractivity contribution is 7.14. The van der Waals surface area contributed by atoms with E-state index in [2.05, 4.69) is 27.4 Å². The third-order valence-corrected chi connectivity index (χ3v) is 11.3. The van der Waals surface area contributed by atoms with Gasteiger partial charge < -0.3 is 29.7 Å². The van der Waals surface area contributed by atoms with E-state index in [0.717, 1.165) is 67.1 Å². The number of piperazine rings is 1. The average Bonchev–Trinajstić information content (AvgIpc) is 3.59. The van der Waals surface area contributed by atoms with Crippen molar-refractivity contribution in [2.45, 2.75) is 45.6 Å². The van der Waals surface area contributed by atoms with Crippen LogP contribution in [0, 0.1) is 6.92 Å². The van der Waals surface area contributed by atoms with Crippen molar-refractivity contribution in [3.8, 4) is 11.3 Å². The summed E-state index contributed by atoms with van der Waals surface area (Å²) in [6.07, 6.45) is 6.15. The monoisotopic (exact) mass is 711 g/mol. The molecule has 3 heterocycles. The van der Waals surface area contributed by atoms with Gasteiger partial charge in [0.1, 0.15) is 6.04 Å². The van der Waals surface area contributed by atoms with Gasteiger partial charge >= 0.3 is 0 Å². The quantitative estimate of drug-likeness (QED) is 0.199. The lowest BCUT2D eigenvalue weighted by Crippen LogP contribution is -2.51. The predicted molar refractivity (Wildman–Crippen MR) is 204 cm³/mol. The highest BCUT2D eigenvalue weighted by Gasteiger charge is 2.32. The first-order valence-electron chi connectivity index (χ1n) is 17.8. The molecule has 6 rings (SSSR count). The number of methoxy groups -OCH3 is 1. The SMILES string of the molecule is CCN1CCN(C(C(=O)N(C)CCOC)c2ccc(Nc3nc(-c4cccc(NC(=O)c5cc6c(s5)CCCC6)c4C)cn(C)c3=O)cc2)CC1. The first-order valence-corrected chi connectivity index (χ1v) is 18.7. The number of thiophene rings is 1. The van der Waals surface area contributed by atoms with Crippen molar-refractivity contribution < 1.29 is 14.3 Å². The van der Waals surface area contributed by atoms with Gasteiger partial charge in [-0.15, -0.1) is 11.3 Å². The summed E-state index contributed by atoms with van der Waals surface area (Å²) in [6, 6.07) is 15.0. The summed E-state index contributed by atoms with van der Waals surface area (Å²) in [7, 11) is 5.16. The first kappa shape index (κ1) is 36.4. The molecule has 1 atom stereocenters. The maximum absolute atomic E-state index is 13.8. The molecule has 51 heavy (non-hydrogen) atoms. The van der Waals surface area contributed by atoms with Gasteiger partial charge in [-0.2, -0.15) is 0 Å². The van der Waals surface area contributed by atoms with Gasteiger partial charge in [0.15, 0.2) is 5.82 Å². The van der Waals surface area contributed by atoms with Gasteiger partial charge in [-0.3, -0.25) is 19.3 Å². The first-order chi connectivity index (χ1) is 24.7. The molecular formula is C39H49N7O4S. The number of ether oxygens (including phenoxy) is 1. The molecule has 2 aromatic carbocycles. The highest BCUT2D eigenvalue weighted by atomic mass is 32.1. The number of carbonyl (C=O) groups excluding carboxylic acids is 2. The third kappa shape index (κ3) is 8.25. The van der Waals surface area contributed by atoms with Crippen molar-refractivity contribution in [3.63, 3.8) is 0 Å². The van der Waals surface area contributed by atoms with Crippen LogP contribution < -0.4 is 16.2 Å². The Morgan fingerprint density at radius 1 is 1.06 bits per heavy atom. The molecule has 1 aliphatic carbocycles. The van der Waals surface area contributed by atoms with Gasteiger partial charge in [-0.25, -0.2) is 4.98 Å². The molecule has 270 valence electrons. The number of fused-ring (bicyclic) bond motifs is 1. The Morgan fingerprint density at radius 3 is 2.51 bits per heavy atom. The lowest BCUT2D eigenvalue weighted by Gasteiger charge is -2.39. The van der Waals surface area contributed by atoms with Gasteiger partial charge in [0, 0.05) is 81.9 Å². The summed E-state index contributed by atoms with van der Waals surface area (Å²) in [5, 5.41) is 6.34. The fourth-order valence-corrected chi connectivity index (χ4v) is 8.08. The second-order valence-electron chi connectivity index (χ2n) is 13.5. The van der Waals surface area contributed by atoms with E-state index in [9.17, 15) is 14.4 Å². The number of amides is 2. The van der Waals surface area contributed by atoms with Gasteiger partial charge in [0.25, 0.3) is 11.5 Å².